The van der Waals surface area contributed by atoms with Crippen LogP contribution in [0.1, 0.15) is 0 Å². The average Bonchev–Trinajstić information content (AvgIpc) is 1.77. The molecule has 0 aliphatic heterocycles. The van der Waals surface area contributed by atoms with Gasteiger partial charge in [-0.15, -0.1) is 0 Å². The summed E-state index contributed by atoms with van der Waals surface area (Å²) in [6.07, 6.45) is 5.01. The summed E-state index contributed by atoms with van der Waals surface area (Å²) < 4.78 is 0. The largest absolute Gasteiger partial charge is 0.290 e. The topological polar surface area (TPSA) is 34.1 Å². The molecule has 1 aliphatic carbocycles. The quantitative estimate of drug-likeness (QED) is 0.600. The molecule has 0 fully saturated rings. The van der Waals surface area contributed by atoms with Gasteiger partial charge in [0.05, 0.1) is 0 Å². The predicted octanol–water partition coefficient (Wildman–Crippen LogP) is 0.248. The predicted molar refractivity (Wildman–Crippen MR) is 28.3 cm³/mol. The summed E-state index contributed by atoms with van der Waals surface area (Å²) in [6.45, 7) is 0. The Bertz CT molecular complexity index is 153. The van der Waals surface area contributed by atoms with E-state index in [-0.39, 0.29) is 32.0 Å². The molecule has 0 amide bonds. The van der Waals surface area contributed by atoms with Crippen molar-refractivity contribution in [1.82, 2.24) is 0 Å². The van der Waals surface area contributed by atoms with Crippen LogP contribution in [0.15, 0.2) is 24.3 Å². The van der Waals surface area contributed by atoms with Crippen molar-refractivity contribution in [1.29, 1.82) is 0 Å². The number of hydrogen-bond donors (Lipinski definition) is 0. The average molecular weight is 294 g/mol. The molecule has 0 heterocycles. The number of allylic oxidation sites excluding steroid dienone is 4. The van der Waals surface area contributed by atoms with E-state index in [9.17, 15) is 9.59 Å². The minimum atomic E-state index is -0.121. The third kappa shape index (κ3) is 2.50. The number of rotatable bonds is 0. The van der Waals surface area contributed by atoms with E-state index in [0.29, 0.717) is 0 Å². The Morgan fingerprint density at radius 3 is 1.22 bits per heavy atom. The monoisotopic (exact) mass is 295 g/mol. The summed E-state index contributed by atoms with van der Waals surface area (Å²) in [6, 6.07) is 0. The van der Waals surface area contributed by atoms with Crippen LogP contribution in [0.4, 0.5) is 0 Å². The van der Waals surface area contributed by atoms with E-state index in [1.807, 2.05) is 0 Å². The van der Waals surface area contributed by atoms with Crippen LogP contribution in [0.25, 0.3) is 0 Å². The fourth-order valence-electron chi connectivity index (χ4n) is 0.440. The van der Waals surface area contributed by atoms with Crippen molar-refractivity contribution < 1.29 is 30.0 Å². The van der Waals surface area contributed by atoms with Crippen LogP contribution >= 0.6 is 0 Å². The van der Waals surface area contributed by atoms with Crippen LogP contribution in [-0.4, -0.2) is 11.6 Å². The van der Waals surface area contributed by atoms with Crippen LogP contribution in [0.3, 0.4) is 0 Å². The van der Waals surface area contributed by atoms with Crippen molar-refractivity contribution in [3.63, 3.8) is 0 Å². The maximum absolute atomic E-state index is 10.3. The molecule has 0 N–H and O–H groups in total. The second-order valence-corrected chi connectivity index (χ2v) is 1.47. The Morgan fingerprint density at radius 2 is 1.00 bits per heavy atom. The first-order valence-electron chi connectivity index (χ1n) is 2.23. The van der Waals surface area contributed by atoms with Gasteiger partial charge in [0.15, 0.2) is 11.6 Å². The van der Waals surface area contributed by atoms with Crippen molar-refractivity contribution in [3.05, 3.63) is 24.3 Å². The molecule has 1 radical (unpaired) electrons. The number of carbonyl (C=O) groups is 2. The van der Waals surface area contributed by atoms with Gasteiger partial charge in [-0.25, -0.2) is 0 Å². The van der Waals surface area contributed by atoms with Crippen LogP contribution in [0.5, 0.6) is 0 Å². The molecule has 0 saturated heterocycles. The van der Waals surface area contributed by atoms with Crippen molar-refractivity contribution in [2.75, 3.05) is 0 Å². The fraction of sp³-hybridized carbons (Fsp3) is 0. The molecular weight excluding hydrogens is 290 g/mol. The van der Waals surface area contributed by atoms with Crippen molar-refractivity contribution in [3.8, 4) is 0 Å². The van der Waals surface area contributed by atoms with E-state index in [1.54, 1.807) is 0 Å². The molecular formula is C6H4O2Re. The number of carbonyl (C=O) groups excluding carboxylic acids is 2. The van der Waals surface area contributed by atoms with Crippen LogP contribution in [-0.2, 0) is 30.0 Å². The van der Waals surface area contributed by atoms with Gasteiger partial charge in [0.1, 0.15) is 0 Å². The Balaban J connectivity index is 0.000000640. The Kier molecular flexibility index (Phi) is 3.30. The molecule has 0 unspecified atom stereocenters. The van der Waals surface area contributed by atoms with E-state index < -0.39 is 0 Å². The standard InChI is InChI=1S/C6H4O2.Re/c7-5-1-2-6(8)4-3-5;/h1-4H;. The molecule has 2 nitrogen and oxygen atoms in total. The maximum atomic E-state index is 10.3. The Labute approximate surface area is 66.3 Å². The van der Waals surface area contributed by atoms with Gasteiger partial charge in [0.2, 0.25) is 0 Å². The first kappa shape index (κ1) is 8.48. The first-order chi connectivity index (χ1) is 3.79. The van der Waals surface area contributed by atoms with Gasteiger partial charge >= 0.3 is 0 Å². The molecule has 47 valence electrons. The molecule has 0 aromatic heterocycles. The smallest absolute Gasteiger partial charge is 0.178 e. The molecule has 9 heavy (non-hydrogen) atoms. The second kappa shape index (κ2) is 3.50. The fourth-order valence-corrected chi connectivity index (χ4v) is 0.440. The van der Waals surface area contributed by atoms with Gasteiger partial charge < -0.3 is 0 Å². The molecule has 0 aromatic carbocycles. The molecule has 0 atom stereocenters. The number of ketones is 2. The summed E-state index contributed by atoms with van der Waals surface area (Å²) >= 11 is 0. The molecule has 1 rings (SSSR count). The van der Waals surface area contributed by atoms with Gasteiger partial charge in [0, 0.05) is 20.4 Å². The Morgan fingerprint density at radius 1 is 0.778 bits per heavy atom. The third-order valence-corrected chi connectivity index (χ3v) is 0.824. The summed E-state index contributed by atoms with van der Waals surface area (Å²) in [5.41, 5.74) is 0. The summed E-state index contributed by atoms with van der Waals surface area (Å²) in [5, 5.41) is 0. The first-order valence-corrected chi connectivity index (χ1v) is 2.23. The van der Waals surface area contributed by atoms with Gasteiger partial charge in [-0.2, -0.15) is 0 Å². The minimum Gasteiger partial charge on any atom is -0.290 e. The number of hydrogen-bond acceptors (Lipinski definition) is 2. The van der Waals surface area contributed by atoms with E-state index in [1.165, 1.54) is 24.3 Å². The molecule has 0 spiro atoms. The minimum absolute atomic E-state index is 0. The van der Waals surface area contributed by atoms with Crippen molar-refractivity contribution in [2.45, 2.75) is 0 Å². The van der Waals surface area contributed by atoms with Crippen molar-refractivity contribution >= 4 is 11.6 Å². The molecule has 0 aromatic rings. The van der Waals surface area contributed by atoms with Crippen LogP contribution < -0.4 is 0 Å². The molecule has 0 bridgehead atoms. The Hall–Kier alpha value is -0.518. The zero-order valence-corrected chi connectivity index (χ0v) is 7.22. The summed E-state index contributed by atoms with van der Waals surface area (Å²) in [7, 11) is 0. The molecule has 1 aliphatic rings. The third-order valence-electron chi connectivity index (χ3n) is 0.824. The summed E-state index contributed by atoms with van der Waals surface area (Å²) in [4.78, 5) is 20.6. The van der Waals surface area contributed by atoms with E-state index in [4.69, 9.17) is 0 Å². The normalized spacial score (nSPS) is 15.6. The molecule has 3 heteroatoms. The zero-order valence-electron chi connectivity index (χ0n) is 4.50. The van der Waals surface area contributed by atoms with Gasteiger partial charge in [-0.05, 0) is 24.3 Å². The zero-order chi connectivity index (χ0) is 5.98. The van der Waals surface area contributed by atoms with Crippen LogP contribution in [0, 0.1) is 0 Å². The second-order valence-electron chi connectivity index (χ2n) is 1.47. The van der Waals surface area contributed by atoms with E-state index in [0.717, 1.165) is 0 Å². The maximum Gasteiger partial charge on any atom is 0.178 e. The summed E-state index contributed by atoms with van der Waals surface area (Å²) in [5.74, 6) is -0.241. The SMILES string of the molecule is O=C1C=CC(=O)C=C1.[Re]. The van der Waals surface area contributed by atoms with Crippen molar-refractivity contribution in [2.24, 2.45) is 0 Å². The van der Waals surface area contributed by atoms with Gasteiger partial charge in [-0.3, -0.25) is 9.59 Å². The van der Waals surface area contributed by atoms with Crippen LogP contribution in [0.2, 0.25) is 0 Å². The van der Waals surface area contributed by atoms with E-state index >= 15 is 0 Å². The van der Waals surface area contributed by atoms with E-state index in [2.05, 4.69) is 0 Å². The van der Waals surface area contributed by atoms with Gasteiger partial charge in [-0.1, -0.05) is 0 Å². The van der Waals surface area contributed by atoms with Gasteiger partial charge in [0.25, 0.3) is 0 Å². The molecule has 0 saturated carbocycles.